The molecule has 0 unspecified atom stereocenters. The molecule has 102 valence electrons. The molecule has 0 aliphatic carbocycles. The maximum Gasteiger partial charge on any atom is 0.0596 e. The van der Waals surface area contributed by atoms with E-state index in [9.17, 15) is 0 Å². The number of rotatable bonds is 3. The van der Waals surface area contributed by atoms with Gasteiger partial charge in [0.2, 0.25) is 0 Å². The Morgan fingerprint density at radius 3 is 2.68 bits per heavy atom. The lowest BCUT2D eigenvalue weighted by atomic mass is 9.86. The summed E-state index contributed by atoms with van der Waals surface area (Å²) in [6.45, 7) is 8.22. The monoisotopic (exact) mass is 256 g/mol. The maximum atomic E-state index is 5.01. The van der Waals surface area contributed by atoms with Crippen molar-refractivity contribution < 1.29 is 0 Å². The summed E-state index contributed by atoms with van der Waals surface area (Å²) in [5.41, 5.74) is 4.24. The quantitative estimate of drug-likeness (QED) is 0.810. The zero-order valence-corrected chi connectivity index (χ0v) is 12.2. The van der Waals surface area contributed by atoms with Crippen molar-refractivity contribution in [1.29, 1.82) is 0 Å². The van der Waals surface area contributed by atoms with Gasteiger partial charge in [-0.05, 0) is 57.3 Å². The van der Waals surface area contributed by atoms with E-state index in [0.717, 1.165) is 12.8 Å². The molecule has 2 aliphatic rings. The predicted molar refractivity (Wildman–Crippen MR) is 81.1 cm³/mol. The zero-order valence-electron chi connectivity index (χ0n) is 12.2. The highest BCUT2D eigenvalue weighted by Gasteiger charge is 2.26. The molecular weight excluding hydrogens is 232 g/mol. The fourth-order valence-corrected chi connectivity index (χ4v) is 3.35. The minimum Gasteiger partial charge on any atom is -0.303 e. The summed E-state index contributed by atoms with van der Waals surface area (Å²) in [5, 5.41) is 0. The summed E-state index contributed by atoms with van der Waals surface area (Å²) in [6.07, 6.45) is 4.90. The number of likely N-dealkylation sites (tertiary alicyclic amines) is 1. The van der Waals surface area contributed by atoms with Gasteiger partial charge in [0.05, 0.1) is 5.54 Å². The van der Waals surface area contributed by atoms with Gasteiger partial charge in [0.15, 0.2) is 0 Å². The van der Waals surface area contributed by atoms with E-state index in [0.29, 0.717) is 0 Å². The lowest BCUT2D eigenvalue weighted by molar-refractivity contribution is 0.349. The average Bonchev–Trinajstić information content (AvgIpc) is 2.87. The molecule has 0 spiro atoms. The smallest absolute Gasteiger partial charge is 0.0596 e. The van der Waals surface area contributed by atoms with Crippen LogP contribution in [0.5, 0.6) is 0 Å². The molecule has 1 aromatic rings. The number of nitrogens with zero attached hydrogens (tertiary/aromatic N) is 2. The van der Waals surface area contributed by atoms with E-state index in [1.54, 1.807) is 0 Å². The summed E-state index contributed by atoms with van der Waals surface area (Å²) in [4.78, 5) is 7.58. The molecular formula is C17H24N2. The predicted octanol–water partition coefficient (Wildman–Crippen LogP) is 3.30. The molecule has 19 heavy (non-hydrogen) atoms. The Kier molecular flexibility index (Phi) is 3.44. The first-order valence-electron chi connectivity index (χ1n) is 7.53. The highest BCUT2D eigenvalue weighted by molar-refractivity contribution is 6.03. The van der Waals surface area contributed by atoms with Gasteiger partial charge in [-0.3, -0.25) is 4.99 Å². The van der Waals surface area contributed by atoms with Crippen molar-refractivity contribution in [3.05, 3.63) is 35.4 Å². The zero-order chi connectivity index (χ0) is 13.3. The summed E-state index contributed by atoms with van der Waals surface area (Å²) in [5.74, 6) is 0. The van der Waals surface area contributed by atoms with E-state index in [4.69, 9.17) is 4.99 Å². The summed E-state index contributed by atoms with van der Waals surface area (Å²) < 4.78 is 0. The van der Waals surface area contributed by atoms with Crippen molar-refractivity contribution in [3.8, 4) is 0 Å². The van der Waals surface area contributed by atoms with Gasteiger partial charge < -0.3 is 4.90 Å². The first-order valence-corrected chi connectivity index (χ1v) is 7.53. The van der Waals surface area contributed by atoms with E-state index in [-0.39, 0.29) is 5.54 Å². The molecule has 0 saturated carbocycles. The van der Waals surface area contributed by atoms with Crippen molar-refractivity contribution in [2.75, 3.05) is 19.6 Å². The molecule has 1 fully saturated rings. The van der Waals surface area contributed by atoms with Crippen LogP contribution in [0.2, 0.25) is 0 Å². The molecule has 1 aromatic carbocycles. The Labute approximate surface area is 116 Å². The minimum atomic E-state index is 0.0642. The number of hydrogen-bond donors (Lipinski definition) is 0. The fraction of sp³-hybridized carbons (Fsp3) is 0.588. The number of benzene rings is 1. The van der Waals surface area contributed by atoms with Gasteiger partial charge in [0, 0.05) is 18.7 Å². The third-order valence-electron chi connectivity index (χ3n) is 4.25. The van der Waals surface area contributed by atoms with Gasteiger partial charge in [-0.15, -0.1) is 0 Å². The molecule has 2 heterocycles. The number of hydrogen-bond acceptors (Lipinski definition) is 2. The Morgan fingerprint density at radius 2 is 1.89 bits per heavy atom. The molecule has 3 rings (SSSR count). The molecule has 0 aromatic heterocycles. The third kappa shape index (κ3) is 2.89. The molecule has 2 aliphatic heterocycles. The normalized spacial score (nSPS) is 22.1. The molecule has 0 radical (unpaired) electrons. The van der Waals surface area contributed by atoms with E-state index in [2.05, 4.69) is 43.0 Å². The molecule has 0 atom stereocenters. The van der Waals surface area contributed by atoms with E-state index in [1.165, 1.54) is 49.3 Å². The Bertz CT molecular complexity index is 482. The number of fused-ring (bicyclic) bond motifs is 1. The Hall–Kier alpha value is -1.15. The minimum absolute atomic E-state index is 0.0642. The Balaban J connectivity index is 1.79. The van der Waals surface area contributed by atoms with Crippen molar-refractivity contribution in [1.82, 2.24) is 4.90 Å². The van der Waals surface area contributed by atoms with E-state index < -0.39 is 0 Å². The standard InChI is InChI=1S/C17H24N2/c1-17(2)13-14-7-3-4-8-15(14)16(18-17)9-12-19-10-5-6-11-19/h3-4,7-8H,5-6,9-13H2,1-2H3. The number of aliphatic imine (C=N–C) groups is 1. The van der Waals surface area contributed by atoms with Crippen LogP contribution in [0.15, 0.2) is 29.3 Å². The lowest BCUT2D eigenvalue weighted by Gasteiger charge is -2.29. The first kappa shape index (κ1) is 12.9. The SMILES string of the molecule is CC1(C)Cc2ccccc2C(CCN2CCCC2)=N1. The second-order valence-corrected chi connectivity index (χ2v) is 6.50. The van der Waals surface area contributed by atoms with E-state index in [1.807, 2.05) is 0 Å². The van der Waals surface area contributed by atoms with Crippen LogP contribution in [0.1, 0.15) is 44.2 Å². The van der Waals surface area contributed by atoms with Gasteiger partial charge in [0.25, 0.3) is 0 Å². The van der Waals surface area contributed by atoms with Crippen molar-refractivity contribution in [2.24, 2.45) is 4.99 Å². The van der Waals surface area contributed by atoms with Crippen LogP contribution in [-0.4, -0.2) is 35.8 Å². The highest BCUT2D eigenvalue weighted by atomic mass is 15.1. The van der Waals surface area contributed by atoms with Crippen molar-refractivity contribution in [2.45, 2.75) is 45.1 Å². The van der Waals surface area contributed by atoms with Gasteiger partial charge >= 0.3 is 0 Å². The molecule has 2 nitrogen and oxygen atoms in total. The molecule has 2 heteroatoms. The first-order chi connectivity index (χ1) is 9.14. The summed E-state index contributed by atoms with van der Waals surface area (Å²) >= 11 is 0. The van der Waals surface area contributed by atoms with Crippen LogP contribution in [0.3, 0.4) is 0 Å². The summed E-state index contributed by atoms with van der Waals surface area (Å²) in [7, 11) is 0. The Morgan fingerprint density at radius 1 is 1.16 bits per heavy atom. The van der Waals surface area contributed by atoms with Crippen LogP contribution in [0.25, 0.3) is 0 Å². The van der Waals surface area contributed by atoms with Gasteiger partial charge in [-0.2, -0.15) is 0 Å². The topological polar surface area (TPSA) is 15.6 Å². The van der Waals surface area contributed by atoms with Crippen LogP contribution >= 0.6 is 0 Å². The second-order valence-electron chi connectivity index (χ2n) is 6.50. The van der Waals surface area contributed by atoms with Gasteiger partial charge in [-0.1, -0.05) is 24.3 Å². The van der Waals surface area contributed by atoms with Crippen LogP contribution in [0.4, 0.5) is 0 Å². The fourth-order valence-electron chi connectivity index (χ4n) is 3.35. The van der Waals surface area contributed by atoms with Crippen molar-refractivity contribution in [3.63, 3.8) is 0 Å². The van der Waals surface area contributed by atoms with Gasteiger partial charge in [0.1, 0.15) is 0 Å². The highest BCUT2D eigenvalue weighted by Crippen LogP contribution is 2.28. The van der Waals surface area contributed by atoms with Crippen LogP contribution in [0, 0.1) is 0 Å². The molecule has 0 amide bonds. The molecule has 0 bridgehead atoms. The maximum absolute atomic E-state index is 5.01. The molecule has 1 saturated heterocycles. The average molecular weight is 256 g/mol. The second kappa shape index (κ2) is 5.09. The third-order valence-corrected chi connectivity index (χ3v) is 4.25. The largest absolute Gasteiger partial charge is 0.303 e. The van der Waals surface area contributed by atoms with Crippen molar-refractivity contribution >= 4 is 5.71 Å². The molecule has 0 N–H and O–H groups in total. The summed E-state index contributed by atoms with van der Waals surface area (Å²) in [6, 6.07) is 8.80. The van der Waals surface area contributed by atoms with Crippen LogP contribution < -0.4 is 0 Å². The van der Waals surface area contributed by atoms with Crippen LogP contribution in [-0.2, 0) is 6.42 Å². The van der Waals surface area contributed by atoms with E-state index >= 15 is 0 Å². The van der Waals surface area contributed by atoms with Gasteiger partial charge in [-0.25, -0.2) is 0 Å². The lowest BCUT2D eigenvalue weighted by Crippen LogP contribution is -2.31.